The number of nitrogens with one attached hydrogen (secondary N) is 1. The van der Waals surface area contributed by atoms with Gasteiger partial charge in [-0.25, -0.2) is 4.98 Å². The number of hydrogen-bond acceptors (Lipinski definition) is 6. The Morgan fingerprint density at radius 3 is 2.81 bits per heavy atom. The van der Waals surface area contributed by atoms with E-state index in [1.54, 1.807) is 0 Å². The van der Waals surface area contributed by atoms with E-state index in [0.29, 0.717) is 6.61 Å². The molecule has 2 rings (SSSR count). The SMILES string of the molecule is CCCCOc1ncnc(NC2CCCCC2)c1[N+](=O)[O-]. The number of ether oxygens (including phenoxy) is 1. The fraction of sp³-hybridized carbons (Fsp3) is 0.714. The number of unbranched alkanes of at least 4 members (excludes halogenated alkanes) is 1. The second-order valence-electron chi connectivity index (χ2n) is 5.31. The minimum absolute atomic E-state index is 0.0572. The van der Waals surface area contributed by atoms with E-state index in [-0.39, 0.29) is 23.4 Å². The lowest BCUT2D eigenvalue weighted by Crippen LogP contribution is -2.23. The smallest absolute Gasteiger partial charge is 0.372 e. The predicted molar refractivity (Wildman–Crippen MR) is 79.6 cm³/mol. The van der Waals surface area contributed by atoms with Gasteiger partial charge >= 0.3 is 5.69 Å². The standard InChI is InChI=1S/C14H22N4O3/c1-2-3-9-21-14-12(18(19)20)13(15-10-16-14)17-11-7-5-4-6-8-11/h10-11H,2-9H2,1H3,(H,15,16,17). The summed E-state index contributed by atoms with van der Waals surface area (Å²) in [5, 5.41) is 14.5. The molecular weight excluding hydrogens is 272 g/mol. The molecule has 1 aromatic rings. The average Bonchev–Trinajstić information content (AvgIpc) is 2.48. The zero-order valence-electron chi connectivity index (χ0n) is 12.4. The van der Waals surface area contributed by atoms with E-state index in [4.69, 9.17) is 4.74 Å². The summed E-state index contributed by atoms with van der Waals surface area (Å²) in [7, 11) is 0. The van der Waals surface area contributed by atoms with Crippen LogP contribution in [0.4, 0.5) is 11.5 Å². The van der Waals surface area contributed by atoms with Crippen LogP contribution in [0.1, 0.15) is 51.9 Å². The van der Waals surface area contributed by atoms with Crippen LogP contribution in [0, 0.1) is 10.1 Å². The third kappa shape index (κ3) is 4.27. The molecule has 21 heavy (non-hydrogen) atoms. The van der Waals surface area contributed by atoms with Gasteiger partial charge in [-0.05, 0) is 19.3 Å². The molecule has 1 heterocycles. The van der Waals surface area contributed by atoms with Crippen LogP contribution in [0.2, 0.25) is 0 Å². The Kier molecular flexibility index (Phi) is 5.71. The van der Waals surface area contributed by atoms with E-state index >= 15 is 0 Å². The van der Waals surface area contributed by atoms with Crippen LogP contribution in [0.3, 0.4) is 0 Å². The van der Waals surface area contributed by atoms with Gasteiger partial charge in [-0.15, -0.1) is 0 Å². The van der Waals surface area contributed by atoms with Crippen LogP contribution < -0.4 is 10.1 Å². The van der Waals surface area contributed by atoms with E-state index in [1.165, 1.54) is 12.7 Å². The van der Waals surface area contributed by atoms with Crippen molar-refractivity contribution in [3.8, 4) is 5.88 Å². The summed E-state index contributed by atoms with van der Waals surface area (Å²) in [4.78, 5) is 18.8. The van der Waals surface area contributed by atoms with Gasteiger partial charge in [0, 0.05) is 6.04 Å². The molecule has 1 N–H and O–H groups in total. The van der Waals surface area contributed by atoms with Gasteiger partial charge in [-0.3, -0.25) is 10.1 Å². The Hall–Kier alpha value is -1.92. The van der Waals surface area contributed by atoms with Crippen molar-refractivity contribution < 1.29 is 9.66 Å². The molecule has 1 aliphatic carbocycles. The van der Waals surface area contributed by atoms with Gasteiger partial charge in [-0.1, -0.05) is 32.6 Å². The molecule has 0 unspecified atom stereocenters. The molecule has 1 fully saturated rings. The highest BCUT2D eigenvalue weighted by Gasteiger charge is 2.26. The van der Waals surface area contributed by atoms with Crippen molar-refractivity contribution in [3.63, 3.8) is 0 Å². The van der Waals surface area contributed by atoms with Gasteiger partial charge in [0.1, 0.15) is 6.33 Å². The fourth-order valence-corrected chi connectivity index (χ4v) is 2.49. The third-order valence-corrected chi connectivity index (χ3v) is 3.65. The van der Waals surface area contributed by atoms with E-state index in [9.17, 15) is 10.1 Å². The fourth-order valence-electron chi connectivity index (χ4n) is 2.49. The summed E-state index contributed by atoms with van der Waals surface area (Å²) in [6, 6.07) is 0.246. The quantitative estimate of drug-likeness (QED) is 0.471. The summed E-state index contributed by atoms with van der Waals surface area (Å²) in [6.45, 7) is 2.46. The molecule has 7 heteroatoms. The lowest BCUT2D eigenvalue weighted by atomic mass is 9.95. The highest BCUT2D eigenvalue weighted by Crippen LogP contribution is 2.32. The Balaban J connectivity index is 2.14. The van der Waals surface area contributed by atoms with Crippen LogP contribution in [0.15, 0.2) is 6.33 Å². The van der Waals surface area contributed by atoms with E-state index in [1.807, 2.05) is 6.92 Å². The number of aromatic nitrogens is 2. The largest absolute Gasteiger partial charge is 0.473 e. The first-order valence-corrected chi connectivity index (χ1v) is 7.61. The Bertz CT molecular complexity index is 475. The van der Waals surface area contributed by atoms with E-state index < -0.39 is 4.92 Å². The number of anilines is 1. The number of rotatable bonds is 7. The van der Waals surface area contributed by atoms with Crippen molar-refractivity contribution >= 4 is 11.5 Å². The highest BCUT2D eigenvalue weighted by molar-refractivity contribution is 5.61. The van der Waals surface area contributed by atoms with Gasteiger partial charge in [-0.2, -0.15) is 4.98 Å². The summed E-state index contributed by atoms with van der Waals surface area (Å²) in [5.41, 5.74) is -0.154. The van der Waals surface area contributed by atoms with Crippen molar-refractivity contribution in [2.24, 2.45) is 0 Å². The molecule has 1 aliphatic rings. The maximum atomic E-state index is 11.3. The molecule has 0 radical (unpaired) electrons. The van der Waals surface area contributed by atoms with Crippen LogP contribution in [-0.2, 0) is 0 Å². The molecule has 0 amide bonds. The minimum atomic E-state index is -0.466. The lowest BCUT2D eigenvalue weighted by molar-refractivity contribution is -0.385. The first-order chi connectivity index (χ1) is 10.2. The summed E-state index contributed by atoms with van der Waals surface area (Å²) < 4.78 is 5.44. The molecule has 0 aliphatic heterocycles. The van der Waals surface area contributed by atoms with Crippen molar-refractivity contribution in [1.82, 2.24) is 9.97 Å². The molecule has 0 atom stereocenters. The first kappa shape index (κ1) is 15.5. The van der Waals surface area contributed by atoms with E-state index in [2.05, 4.69) is 15.3 Å². The Morgan fingerprint density at radius 2 is 2.14 bits per heavy atom. The predicted octanol–water partition coefficient (Wildman–Crippen LogP) is 3.31. The van der Waals surface area contributed by atoms with Gasteiger partial charge in [0.15, 0.2) is 0 Å². The van der Waals surface area contributed by atoms with Gasteiger partial charge in [0.25, 0.3) is 5.88 Å². The molecule has 1 saturated carbocycles. The van der Waals surface area contributed by atoms with Crippen molar-refractivity contribution in [1.29, 1.82) is 0 Å². The van der Waals surface area contributed by atoms with Crippen LogP contribution in [0.5, 0.6) is 5.88 Å². The maximum absolute atomic E-state index is 11.3. The lowest BCUT2D eigenvalue weighted by Gasteiger charge is -2.23. The molecule has 7 nitrogen and oxygen atoms in total. The van der Waals surface area contributed by atoms with Gasteiger partial charge < -0.3 is 10.1 Å². The molecule has 0 bridgehead atoms. The average molecular weight is 294 g/mol. The summed E-state index contributed by atoms with van der Waals surface area (Å²) in [5.74, 6) is 0.329. The van der Waals surface area contributed by atoms with Crippen LogP contribution in [-0.4, -0.2) is 27.5 Å². The minimum Gasteiger partial charge on any atom is -0.473 e. The number of nitro groups is 1. The summed E-state index contributed by atoms with van der Waals surface area (Å²) >= 11 is 0. The molecular formula is C14H22N4O3. The topological polar surface area (TPSA) is 90.2 Å². The zero-order chi connectivity index (χ0) is 15.1. The van der Waals surface area contributed by atoms with Crippen LogP contribution in [0.25, 0.3) is 0 Å². The van der Waals surface area contributed by atoms with Crippen molar-refractivity contribution in [2.75, 3.05) is 11.9 Å². The zero-order valence-corrected chi connectivity index (χ0v) is 12.4. The van der Waals surface area contributed by atoms with Gasteiger partial charge in [0.05, 0.1) is 11.5 Å². The number of nitrogens with zero attached hydrogens (tertiary/aromatic N) is 3. The van der Waals surface area contributed by atoms with Crippen molar-refractivity contribution in [2.45, 2.75) is 57.9 Å². The van der Waals surface area contributed by atoms with Gasteiger partial charge in [0.2, 0.25) is 5.82 Å². The summed E-state index contributed by atoms with van der Waals surface area (Å²) in [6.07, 6.45) is 8.70. The Morgan fingerprint density at radius 1 is 1.38 bits per heavy atom. The second kappa shape index (κ2) is 7.75. The van der Waals surface area contributed by atoms with Crippen LogP contribution >= 0.6 is 0 Å². The molecule has 0 spiro atoms. The Labute approximate surface area is 124 Å². The number of hydrogen-bond donors (Lipinski definition) is 1. The third-order valence-electron chi connectivity index (χ3n) is 3.65. The maximum Gasteiger partial charge on any atom is 0.372 e. The second-order valence-corrected chi connectivity index (χ2v) is 5.31. The van der Waals surface area contributed by atoms with E-state index in [0.717, 1.165) is 38.5 Å². The first-order valence-electron chi connectivity index (χ1n) is 7.61. The monoisotopic (exact) mass is 294 g/mol. The molecule has 0 saturated heterocycles. The highest BCUT2D eigenvalue weighted by atomic mass is 16.6. The molecule has 1 aromatic heterocycles. The van der Waals surface area contributed by atoms with Crippen molar-refractivity contribution in [3.05, 3.63) is 16.4 Å². The molecule has 0 aromatic carbocycles. The molecule has 116 valence electrons. The normalized spacial score (nSPS) is 15.7.